The number of hydrogen-bond donors (Lipinski definition) is 0. The zero-order valence-corrected chi connectivity index (χ0v) is 20.6. The average Bonchev–Trinajstić information content (AvgIpc) is 2.94. The van der Waals surface area contributed by atoms with Gasteiger partial charge in [-0.1, -0.05) is 0 Å². The fourth-order valence-electron chi connectivity index (χ4n) is 3.46. The van der Waals surface area contributed by atoms with Gasteiger partial charge in [-0.3, -0.25) is 0 Å². The van der Waals surface area contributed by atoms with E-state index in [1.165, 1.54) is 37.5 Å². The van der Waals surface area contributed by atoms with Gasteiger partial charge in [-0.2, -0.15) is 0 Å². The maximum absolute atomic E-state index is 3.94. The van der Waals surface area contributed by atoms with E-state index in [1.54, 1.807) is 0 Å². The Bertz CT molecular complexity index is 966. The quantitative estimate of drug-likeness (QED) is 0.227. The molecule has 2 aromatic carbocycles. The monoisotopic (exact) mass is 579 g/mol. The molecule has 0 bridgehead atoms. The molecule has 0 unspecified atom stereocenters. The number of benzene rings is 2. The molecule has 145 valence electrons. The predicted octanol–water partition coefficient (Wildman–Crippen LogP) is 7.25. The molecule has 0 saturated carbocycles. The summed E-state index contributed by atoms with van der Waals surface area (Å²) in [5.74, 6) is 0. The summed E-state index contributed by atoms with van der Waals surface area (Å²) in [5, 5.41) is 0. The van der Waals surface area contributed by atoms with Crippen LogP contribution in [0.3, 0.4) is 0 Å². The molecule has 5 heteroatoms. The molecular formula is C22H23Br2N2Pd. The van der Waals surface area contributed by atoms with Gasteiger partial charge >= 0.3 is 187 Å². The average molecular weight is 582 g/mol. The maximum atomic E-state index is 3.94. The van der Waals surface area contributed by atoms with Gasteiger partial charge in [0.15, 0.2) is 0 Å². The Kier molecular flexibility index (Phi) is 6.59. The number of hydrogen-bond acceptors (Lipinski definition) is 0. The number of halogens is 2. The van der Waals surface area contributed by atoms with Gasteiger partial charge in [-0.25, -0.2) is 0 Å². The van der Waals surface area contributed by atoms with Crippen LogP contribution in [0.2, 0.25) is 4.89 Å². The Morgan fingerprint density at radius 1 is 0.815 bits per heavy atom. The van der Waals surface area contributed by atoms with Crippen molar-refractivity contribution < 1.29 is 17.5 Å². The molecule has 0 spiro atoms. The van der Waals surface area contributed by atoms with Crippen LogP contribution in [0.15, 0.2) is 58.3 Å². The van der Waals surface area contributed by atoms with E-state index in [9.17, 15) is 0 Å². The molecule has 1 heterocycles. The fourth-order valence-corrected chi connectivity index (χ4v) is 6.45. The SMILES string of the molecule is C=C[CH2][Pd]=[c]1n(-c2c(C)cc(Br)cc2C)ccn1-c1c(C)cc(Br)cc1C. The van der Waals surface area contributed by atoms with Gasteiger partial charge < -0.3 is 0 Å². The molecule has 0 amide bonds. The summed E-state index contributed by atoms with van der Waals surface area (Å²) in [4.78, 5) is 0.988. The topological polar surface area (TPSA) is 9.86 Å². The van der Waals surface area contributed by atoms with Crippen molar-refractivity contribution in [3.63, 3.8) is 0 Å². The molecule has 0 N–H and O–H groups in total. The van der Waals surface area contributed by atoms with Crippen LogP contribution < -0.4 is 0 Å². The molecule has 1 aromatic heterocycles. The molecule has 27 heavy (non-hydrogen) atoms. The predicted molar refractivity (Wildman–Crippen MR) is 118 cm³/mol. The van der Waals surface area contributed by atoms with Crippen molar-refractivity contribution in [2.45, 2.75) is 32.6 Å². The summed E-state index contributed by atoms with van der Waals surface area (Å²) in [6.07, 6.45) is 6.40. The van der Waals surface area contributed by atoms with Crippen molar-refractivity contribution in [3.8, 4) is 11.4 Å². The van der Waals surface area contributed by atoms with Crippen molar-refractivity contribution in [1.82, 2.24) is 9.13 Å². The minimum atomic E-state index is 0.411. The molecule has 3 rings (SSSR count). The van der Waals surface area contributed by atoms with Gasteiger partial charge in [-0.05, 0) is 0 Å². The number of aryl methyl sites for hydroxylation is 4. The molecule has 0 saturated heterocycles. The second-order valence-electron chi connectivity index (χ2n) is 6.59. The fraction of sp³-hybridized carbons (Fsp3) is 0.227. The second-order valence-corrected chi connectivity index (χ2v) is 10.3. The van der Waals surface area contributed by atoms with Gasteiger partial charge in [0.05, 0.1) is 0 Å². The number of allylic oxidation sites excluding steroid dienone is 1. The van der Waals surface area contributed by atoms with E-state index in [4.69, 9.17) is 0 Å². The Labute approximate surface area is 185 Å². The van der Waals surface area contributed by atoms with Gasteiger partial charge in [0.2, 0.25) is 0 Å². The first-order valence-electron chi connectivity index (χ1n) is 8.63. The van der Waals surface area contributed by atoms with Crippen molar-refractivity contribution >= 4 is 31.9 Å². The summed E-state index contributed by atoms with van der Waals surface area (Å²) >= 11 is 7.65. The van der Waals surface area contributed by atoms with E-state index in [1.807, 2.05) is 6.08 Å². The van der Waals surface area contributed by atoms with Crippen molar-refractivity contribution in [1.29, 1.82) is 0 Å². The zero-order valence-electron chi connectivity index (χ0n) is 15.9. The normalized spacial score (nSPS) is 11.2. The summed E-state index contributed by atoms with van der Waals surface area (Å²) < 4.78 is 8.27. The summed E-state index contributed by atoms with van der Waals surface area (Å²) in [6.45, 7) is 12.6. The van der Waals surface area contributed by atoms with Crippen LogP contribution >= 0.6 is 31.9 Å². The number of aromatic nitrogens is 2. The zero-order chi connectivity index (χ0) is 19.7. The molecule has 0 fully saturated rings. The van der Waals surface area contributed by atoms with Crippen LogP contribution in [0.4, 0.5) is 0 Å². The molecule has 3 aromatic rings. The minimum absolute atomic E-state index is 0.411. The Morgan fingerprint density at radius 2 is 1.19 bits per heavy atom. The molecule has 0 atom stereocenters. The molecular weight excluding hydrogens is 558 g/mol. The first-order chi connectivity index (χ1) is 12.8. The molecule has 0 aliphatic carbocycles. The third kappa shape index (κ3) is 4.22. The van der Waals surface area contributed by atoms with Crippen LogP contribution in [-0.4, -0.2) is 9.13 Å². The Hall–Kier alpha value is -0.988. The summed E-state index contributed by atoms with van der Waals surface area (Å²) in [6, 6.07) is 8.74. The van der Waals surface area contributed by atoms with Crippen LogP contribution in [0, 0.1) is 31.6 Å². The van der Waals surface area contributed by atoms with E-state index in [0.717, 1.165) is 13.8 Å². The molecule has 2 nitrogen and oxygen atoms in total. The van der Waals surface area contributed by atoms with E-state index in [2.05, 4.69) is 112 Å². The van der Waals surface area contributed by atoms with Crippen LogP contribution in [0.1, 0.15) is 22.3 Å². The third-order valence-electron chi connectivity index (χ3n) is 4.38. The van der Waals surface area contributed by atoms with Crippen molar-refractivity contribution in [2.24, 2.45) is 0 Å². The van der Waals surface area contributed by atoms with E-state index < -0.39 is 0 Å². The van der Waals surface area contributed by atoms with Gasteiger partial charge in [0.1, 0.15) is 0 Å². The molecule has 0 radical (unpaired) electrons. The summed E-state index contributed by atoms with van der Waals surface area (Å²) in [5.41, 5.74) is 7.60. The second kappa shape index (κ2) is 8.57. The Balaban J connectivity index is 2.34. The number of rotatable bonds is 4. The summed E-state index contributed by atoms with van der Waals surface area (Å²) in [7, 11) is 0. The van der Waals surface area contributed by atoms with E-state index in [-0.39, 0.29) is 0 Å². The molecule has 0 aliphatic rings. The van der Waals surface area contributed by atoms with E-state index in [0.29, 0.717) is 17.5 Å². The number of imidazole rings is 1. The molecule has 0 aliphatic heterocycles. The van der Waals surface area contributed by atoms with E-state index >= 15 is 0 Å². The van der Waals surface area contributed by atoms with Gasteiger partial charge in [0.25, 0.3) is 0 Å². The standard InChI is InChI=1S/C19H18Br2N2.C3H5.Pd/c1-12-7-16(20)8-13(2)18(12)22-5-6-23(11-22)19-14(3)9-17(21)10-15(19)4;1-3-2;/h5-10H,1-4H3;3H,1-2H2;. The van der Waals surface area contributed by atoms with Crippen LogP contribution in [-0.2, 0) is 17.5 Å². The van der Waals surface area contributed by atoms with Gasteiger partial charge in [-0.15, -0.1) is 0 Å². The first kappa shape index (κ1) is 20.7. The van der Waals surface area contributed by atoms with Crippen molar-refractivity contribution in [3.05, 3.63) is 84.4 Å². The number of nitrogens with zero attached hydrogens (tertiary/aromatic N) is 2. The van der Waals surface area contributed by atoms with Crippen LogP contribution in [0.5, 0.6) is 0 Å². The first-order valence-corrected chi connectivity index (χ1v) is 12.1. The Morgan fingerprint density at radius 3 is 1.52 bits per heavy atom. The van der Waals surface area contributed by atoms with Crippen molar-refractivity contribution in [2.75, 3.05) is 0 Å². The third-order valence-corrected chi connectivity index (χ3v) is 7.30. The van der Waals surface area contributed by atoms with Crippen LogP contribution in [0.25, 0.3) is 11.4 Å². The van der Waals surface area contributed by atoms with Gasteiger partial charge in [0, 0.05) is 0 Å².